The molecule has 0 atom stereocenters. The lowest BCUT2D eigenvalue weighted by Crippen LogP contribution is -2.25. The van der Waals surface area contributed by atoms with Crippen LogP contribution in [0.4, 0.5) is 17.1 Å². The Balaban J connectivity index is 0.965. The molecule has 11 aromatic rings. The van der Waals surface area contributed by atoms with Crippen molar-refractivity contribution in [1.29, 1.82) is 0 Å². The normalized spacial score (nSPS) is 12.9. The summed E-state index contributed by atoms with van der Waals surface area (Å²) in [6, 6.07) is 86.1. The summed E-state index contributed by atoms with van der Waals surface area (Å²) < 4.78 is 6.80. The zero-order valence-electron chi connectivity index (χ0n) is 34.4. The summed E-state index contributed by atoms with van der Waals surface area (Å²) in [6.07, 6.45) is 0. The molecule has 2 aliphatic rings. The summed E-state index contributed by atoms with van der Waals surface area (Å²) in [5.41, 5.74) is 22.2. The van der Waals surface area contributed by atoms with Gasteiger partial charge in [0, 0.05) is 27.8 Å². The Kier molecular flexibility index (Phi) is 7.85. The maximum atomic E-state index is 6.80. The van der Waals surface area contributed by atoms with Crippen molar-refractivity contribution in [1.82, 2.24) is 0 Å². The molecule has 10 aromatic carbocycles. The van der Waals surface area contributed by atoms with Gasteiger partial charge in [0.2, 0.25) is 0 Å². The van der Waals surface area contributed by atoms with E-state index in [1.165, 1.54) is 72.1 Å². The molecule has 294 valence electrons. The minimum atomic E-state index is -0.421. The van der Waals surface area contributed by atoms with Crippen molar-refractivity contribution in [3.63, 3.8) is 0 Å². The summed E-state index contributed by atoms with van der Waals surface area (Å²) in [6.45, 7) is 0. The summed E-state index contributed by atoms with van der Waals surface area (Å²) in [4.78, 5) is 2.35. The lowest BCUT2D eigenvalue weighted by atomic mass is 9.70. The highest BCUT2D eigenvalue weighted by molar-refractivity contribution is 6.20. The lowest BCUT2D eigenvalue weighted by molar-refractivity contribution is 0.668. The molecule has 0 aliphatic heterocycles. The first-order chi connectivity index (χ1) is 31.3. The first kappa shape index (κ1) is 35.5. The highest BCUT2D eigenvalue weighted by Crippen LogP contribution is 2.64. The predicted molar refractivity (Wildman–Crippen MR) is 261 cm³/mol. The fourth-order valence-electron chi connectivity index (χ4n) is 10.8. The second-order valence-corrected chi connectivity index (χ2v) is 16.7. The second kappa shape index (κ2) is 13.9. The number of anilines is 3. The molecule has 2 heteroatoms. The van der Waals surface area contributed by atoms with Gasteiger partial charge >= 0.3 is 0 Å². The number of rotatable bonds is 6. The van der Waals surface area contributed by atoms with Crippen molar-refractivity contribution < 1.29 is 4.42 Å². The molecule has 0 amide bonds. The van der Waals surface area contributed by atoms with Crippen molar-refractivity contribution in [2.24, 2.45) is 0 Å². The fourth-order valence-corrected chi connectivity index (χ4v) is 10.8. The topological polar surface area (TPSA) is 16.4 Å². The molecule has 1 aromatic heterocycles. The molecular formula is C61H39NO. The van der Waals surface area contributed by atoms with Crippen molar-refractivity contribution >= 4 is 39.0 Å². The first-order valence-electron chi connectivity index (χ1n) is 21.8. The summed E-state index contributed by atoms with van der Waals surface area (Å²) >= 11 is 0. The smallest absolute Gasteiger partial charge is 0.136 e. The third-order valence-corrected chi connectivity index (χ3v) is 13.5. The number of benzene rings is 10. The Bertz CT molecular complexity index is 3400. The molecule has 63 heavy (non-hydrogen) atoms. The summed E-state index contributed by atoms with van der Waals surface area (Å²) in [7, 11) is 0. The van der Waals surface area contributed by atoms with E-state index in [1.807, 2.05) is 0 Å². The van der Waals surface area contributed by atoms with E-state index >= 15 is 0 Å². The van der Waals surface area contributed by atoms with Crippen LogP contribution in [0, 0.1) is 0 Å². The molecule has 0 bridgehead atoms. The van der Waals surface area contributed by atoms with Crippen LogP contribution in [0.2, 0.25) is 0 Å². The van der Waals surface area contributed by atoms with Crippen molar-refractivity contribution in [2.75, 3.05) is 4.90 Å². The largest absolute Gasteiger partial charge is 0.456 e. The van der Waals surface area contributed by atoms with Gasteiger partial charge in [-0.1, -0.05) is 188 Å². The highest BCUT2D eigenvalue weighted by atomic mass is 16.3. The molecule has 2 nitrogen and oxygen atoms in total. The second-order valence-electron chi connectivity index (χ2n) is 16.7. The van der Waals surface area contributed by atoms with Gasteiger partial charge in [0.25, 0.3) is 0 Å². The lowest BCUT2D eigenvalue weighted by Gasteiger charge is -2.30. The van der Waals surface area contributed by atoms with E-state index in [0.717, 1.165) is 44.7 Å². The molecule has 1 spiro atoms. The molecule has 0 unspecified atom stereocenters. The molecule has 0 saturated heterocycles. The van der Waals surface area contributed by atoms with E-state index in [0.29, 0.717) is 0 Å². The third kappa shape index (κ3) is 5.25. The molecule has 0 fully saturated rings. The van der Waals surface area contributed by atoms with Crippen molar-refractivity contribution in [3.05, 3.63) is 259 Å². The molecule has 0 radical (unpaired) electrons. The van der Waals surface area contributed by atoms with E-state index in [4.69, 9.17) is 4.42 Å². The zero-order valence-corrected chi connectivity index (χ0v) is 34.4. The Morgan fingerprint density at radius 2 is 0.683 bits per heavy atom. The maximum Gasteiger partial charge on any atom is 0.136 e. The summed E-state index contributed by atoms with van der Waals surface area (Å²) in [5, 5.41) is 2.32. The van der Waals surface area contributed by atoms with Gasteiger partial charge in [-0.3, -0.25) is 0 Å². The fraction of sp³-hybridized carbons (Fsp3) is 0.0164. The average molecular weight is 802 g/mol. The van der Waals surface area contributed by atoms with Gasteiger partial charge in [-0.25, -0.2) is 0 Å². The highest BCUT2D eigenvalue weighted by Gasteiger charge is 2.52. The van der Waals surface area contributed by atoms with Gasteiger partial charge < -0.3 is 9.32 Å². The van der Waals surface area contributed by atoms with Gasteiger partial charge in [-0.15, -0.1) is 0 Å². The molecule has 1 heterocycles. The quantitative estimate of drug-likeness (QED) is 0.167. The molecule has 0 saturated carbocycles. The van der Waals surface area contributed by atoms with Gasteiger partial charge in [0.05, 0.1) is 5.41 Å². The van der Waals surface area contributed by atoms with Crippen LogP contribution in [0.15, 0.2) is 241 Å². The maximum absolute atomic E-state index is 6.80. The van der Waals surface area contributed by atoms with Gasteiger partial charge in [0.1, 0.15) is 11.2 Å². The van der Waals surface area contributed by atoms with Crippen molar-refractivity contribution in [3.8, 4) is 55.6 Å². The van der Waals surface area contributed by atoms with Gasteiger partial charge in [-0.05, 0) is 126 Å². The minimum Gasteiger partial charge on any atom is -0.456 e. The van der Waals surface area contributed by atoms with Crippen LogP contribution < -0.4 is 4.90 Å². The Morgan fingerprint density at radius 3 is 1.22 bits per heavy atom. The third-order valence-electron chi connectivity index (χ3n) is 13.5. The van der Waals surface area contributed by atoms with Crippen LogP contribution >= 0.6 is 0 Å². The van der Waals surface area contributed by atoms with E-state index < -0.39 is 5.41 Å². The zero-order chi connectivity index (χ0) is 41.5. The summed E-state index contributed by atoms with van der Waals surface area (Å²) in [5.74, 6) is 0. The molecule has 2 aliphatic carbocycles. The van der Waals surface area contributed by atoms with Crippen LogP contribution in [0.25, 0.3) is 77.6 Å². The van der Waals surface area contributed by atoms with Crippen LogP contribution in [0.1, 0.15) is 22.3 Å². The van der Waals surface area contributed by atoms with E-state index in [1.54, 1.807) is 0 Å². The first-order valence-corrected chi connectivity index (χ1v) is 21.8. The van der Waals surface area contributed by atoms with Crippen LogP contribution in [-0.4, -0.2) is 0 Å². The van der Waals surface area contributed by atoms with E-state index in [2.05, 4.69) is 241 Å². The number of fused-ring (bicyclic) bond motifs is 14. The molecular weight excluding hydrogens is 763 g/mol. The number of hydrogen-bond acceptors (Lipinski definition) is 2. The average Bonchev–Trinajstić information content (AvgIpc) is 4.00. The number of hydrogen-bond donors (Lipinski definition) is 0. The van der Waals surface area contributed by atoms with Crippen LogP contribution in [0.3, 0.4) is 0 Å². The Labute approximate surface area is 366 Å². The Morgan fingerprint density at radius 1 is 0.270 bits per heavy atom. The van der Waals surface area contributed by atoms with Gasteiger partial charge in [0.15, 0.2) is 0 Å². The van der Waals surface area contributed by atoms with Gasteiger partial charge in [-0.2, -0.15) is 0 Å². The number of nitrogens with zero attached hydrogens (tertiary/aromatic N) is 1. The molecule has 0 N–H and O–H groups in total. The number of furan rings is 1. The van der Waals surface area contributed by atoms with Crippen LogP contribution in [0.5, 0.6) is 0 Å². The van der Waals surface area contributed by atoms with Crippen LogP contribution in [-0.2, 0) is 5.41 Å². The van der Waals surface area contributed by atoms with E-state index in [-0.39, 0.29) is 0 Å². The minimum absolute atomic E-state index is 0.421. The SMILES string of the molecule is c1ccc(-c2ccc(N(c3ccc(-c4ccccc4)cc3)c3ccc(-c4cccc5oc6ccc7c(c6c45)-c4ccccc4C74c5ccccc5-c5ccccc54)cc3)cc2)cc1. The predicted octanol–water partition coefficient (Wildman–Crippen LogP) is 16.4. The standard InChI is InChI=1S/C61H39NO/c1-3-14-40(15-4-1)42-26-32-45(33-27-42)62(46-34-28-43(29-35-46)41-16-5-2-6-17-41)47-36-30-44(31-37-47)48-21-13-25-56-59(48)60-57(63-56)39-38-55-58(60)51-20-9-12-24-54(51)61(55)52-22-10-7-18-49(52)50-19-8-11-23-53(50)61/h1-39H. The van der Waals surface area contributed by atoms with E-state index in [9.17, 15) is 0 Å². The monoisotopic (exact) mass is 801 g/mol. The molecule has 13 rings (SSSR count). The van der Waals surface area contributed by atoms with Crippen molar-refractivity contribution in [2.45, 2.75) is 5.41 Å². The Hall–Kier alpha value is -8.20.